The van der Waals surface area contributed by atoms with Crippen LogP contribution < -0.4 is 5.73 Å². The molecule has 3 heteroatoms. The molecule has 3 rings (SSSR count). The molecule has 0 unspecified atom stereocenters. The molecule has 0 spiro atoms. The highest BCUT2D eigenvalue weighted by Crippen LogP contribution is 2.19. The highest BCUT2D eigenvalue weighted by Gasteiger charge is 2.10. The summed E-state index contributed by atoms with van der Waals surface area (Å²) in [5, 5.41) is 0. The van der Waals surface area contributed by atoms with Gasteiger partial charge in [-0.2, -0.15) is 0 Å². The molecule has 2 nitrogen and oxygen atoms in total. The molecule has 3 aromatic rings. The van der Waals surface area contributed by atoms with Crippen molar-refractivity contribution in [3.63, 3.8) is 0 Å². The summed E-state index contributed by atoms with van der Waals surface area (Å²) in [7, 11) is 0. The highest BCUT2D eigenvalue weighted by molar-refractivity contribution is 9.10. The molecule has 0 saturated heterocycles. The second kappa shape index (κ2) is 8.15. The summed E-state index contributed by atoms with van der Waals surface area (Å²) in [5.74, 6) is 0.0445. The van der Waals surface area contributed by atoms with Crippen molar-refractivity contribution in [2.45, 2.75) is 0 Å². The number of halogens is 1. The Balaban J connectivity index is 0.000000211. The number of rotatable bonds is 2. The van der Waals surface area contributed by atoms with Gasteiger partial charge in [-0.25, -0.2) is 0 Å². The lowest BCUT2D eigenvalue weighted by Crippen LogP contribution is -2.01. The fourth-order valence-electron chi connectivity index (χ4n) is 1.84. The van der Waals surface area contributed by atoms with E-state index in [0.29, 0.717) is 11.1 Å². The van der Waals surface area contributed by atoms with Gasteiger partial charge in [0.25, 0.3) is 0 Å². The zero-order chi connectivity index (χ0) is 15.8. The molecule has 0 aromatic heterocycles. The summed E-state index contributed by atoms with van der Waals surface area (Å²) in [6, 6.07) is 26.2. The number of anilines is 1. The molecule has 0 aliphatic carbocycles. The van der Waals surface area contributed by atoms with Crippen molar-refractivity contribution < 1.29 is 4.79 Å². The normalized spacial score (nSPS) is 9.50. The summed E-state index contributed by atoms with van der Waals surface area (Å²) in [6.07, 6.45) is 0. The van der Waals surface area contributed by atoms with Crippen molar-refractivity contribution in [3.8, 4) is 0 Å². The van der Waals surface area contributed by atoms with Crippen LogP contribution in [0.1, 0.15) is 15.9 Å². The van der Waals surface area contributed by atoms with Crippen LogP contribution in [0, 0.1) is 0 Å². The number of benzene rings is 3. The zero-order valence-corrected chi connectivity index (χ0v) is 13.5. The van der Waals surface area contributed by atoms with Gasteiger partial charge in [0.2, 0.25) is 0 Å². The Morgan fingerprint density at radius 2 is 1.23 bits per heavy atom. The van der Waals surface area contributed by atoms with Gasteiger partial charge in [-0.1, -0.05) is 76.6 Å². The second-order valence-corrected chi connectivity index (χ2v) is 5.44. The lowest BCUT2D eigenvalue weighted by molar-refractivity contribution is 0.103. The van der Waals surface area contributed by atoms with Gasteiger partial charge in [0.05, 0.1) is 0 Å². The first-order valence-corrected chi connectivity index (χ1v) is 7.62. The smallest absolute Gasteiger partial charge is 0.194 e. The Morgan fingerprint density at radius 3 is 1.73 bits per heavy atom. The van der Waals surface area contributed by atoms with E-state index in [1.54, 1.807) is 0 Å². The van der Waals surface area contributed by atoms with Gasteiger partial charge in [0, 0.05) is 21.3 Å². The van der Waals surface area contributed by atoms with Gasteiger partial charge in [-0.15, -0.1) is 0 Å². The standard InChI is InChI=1S/C13H9BrO.C6H7N/c14-12-9-5-4-8-11(12)13(15)10-6-2-1-3-7-10;7-6-4-2-1-3-5-6/h1-9H;1-5H,7H2. The number of nitrogens with two attached hydrogens (primary N) is 1. The van der Waals surface area contributed by atoms with E-state index in [9.17, 15) is 4.79 Å². The summed E-state index contributed by atoms with van der Waals surface area (Å²) < 4.78 is 0.832. The van der Waals surface area contributed by atoms with E-state index in [4.69, 9.17) is 5.73 Å². The fraction of sp³-hybridized carbons (Fsp3) is 0. The minimum absolute atomic E-state index is 0.0445. The minimum atomic E-state index is 0.0445. The number of carbonyl (C=O) groups is 1. The molecule has 0 radical (unpaired) electrons. The van der Waals surface area contributed by atoms with Gasteiger partial charge < -0.3 is 5.73 Å². The molecule has 3 aromatic carbocycles. The van der Waals surface area contributed by atoms with E-state index in [1.165, 1.54) is 0 Å². The molecular weight excluding hydrogens is 338 g/mol. The van der Waals surface area contributed by atoms with E-state index < -0.39 is 0 Å². The van der Waals surface area contributed by atoms with Crippen molar-refractivity contribution in [3.05, 3.63) is 101 Å². The predicted octanol–water partition coefficient (Wildman–Crippen LogP) is 4.95. The first-order valence-electron chi connectivity index (χ1n) is 6.83. The Morgan fingerprint density at radius 1 is 0.727 bits per heavy atom. The number of ketones is 1. The lowest BCUT2D eigenvalue weighted by Gasteiger charge is -2.02. The lowest BCUT2D eigenvalue weighted by atomic mass is 10.0. The molecule has 0 bridgehead atoms. The maximum Gasteiger partial charge on any atom is 0.194 e. The SMILES string of the molecule is Nc1ccccc1.O=C(c1ccccc1)c1ccccc1Br. The summed E-state index contributed by atoms with van der Waals surface area (Å²) >= 11 is 3.37. The number of hydrogen-bond acceptors (Lipinski definition) is 2. The van der Waals surface area contributed by atoms with Crippen LogP contribution in [0.25, 0.3) is 0 Å². The summed E-state index contributed by atoms with van der Waals surface area (Å²) in [5.41, 5.74) is 7.59. The van der Waals surface area contributed by atoms with Crippen LogP contribution in [-0.2, 0) is 0 Å². The Bertz CT molecular complexity index is 727. The third-order valence-electron chi connectivity index (χ3n) is 2.95. The van der Waals surface area contributed by atoms with Gasteiger partial charge >= 0.3 is 0 Å². The van der Waals surface area contributed by atoms with Crippen LogP contribution in [0.3, 0.4) is 0 Å². The molecule has 22 heavy (non-hydrogen) atoms. The third kappa shape index (κ3) is 4.57. The van der Waals surface area contributed by atoms with E-state index >= 15 is 0 Å². The molecule has 0 saturated carbocycles. The summed E-state index contributed by atoms with van der Waals surface area (Å²) in [4.78, 5) is 12.0. The largest absolute Gasteiger partial charge is 0.399 e. The minimum Gasteiger partial charge on any atom is -0.399 e. The number of hydrogen-bond donors (Lipinski definition) is 1. The molecule has 0 atom stereocenters. The topological polar surface area (TPSA) is 43.1 Å². The molecule has 0 heterocycles. The van der Waals surface area contributed by atoms with Crippen LogP contribution in [0.4, 0.5) is 5.69 Å². The average Bonchev–Trinajstić information content (AvgIpc) is 2.57. The Hall–Kier alpha value is -2.39. The maximum atomic E-state index is 12.0. The quantitative estimate of drug-likeness (QED) is 0.523. The number of para-hydroxylation sites is 1. The van der Waals surface area contributed by atoms with E-state index in [1.807, 2.05) is 84.9 Å². The van der Waals surface area contributed by atoms with Gasteiger partial charge in [-0.05, 0) is 24.3 Å². The molecule has 0 fully saturated rings. The monoisotopic (exact) mass is 353 g/mol. The van der Waals surface area contributed by atoms with Crippen molar-refractivity contribution in [1.29, 1.82) is 0 Å². The Kier molecular flexibility index (Phi) is 5.92. The average molecular weight is 354 g/mol. The van der Waals surface area contributed by atoms with Crippen LogP contribution >= 0.6 is 15.9 Å². The molecule has 0 aliphatic heterocycles. The molecule has 110 valence electrons. The second-order valence-electron chi connectivity index (χ2n) is 4.59. The number of carbonyl (C=O) groups excluding carboxylic acids is 1. The van der Waals surface area contributed by atoms with Gasteiger partial charge in [-0.3, -0.25) is 4.79 Å². The van der Waals surface area contributed by atoms with Crippen molar-refractivity contribution in [1.82, 2.24) is 0 Å². The number of nitrogen functional groups attached to an aromatic ring is 1. The maximum absolute atomic E-state index is 12.0. The predicted molar refractivity (Wildman–Crippen MR) is 94.9 cm³/mol. The van der Waals surface area contributed by atoms with E-state index in [-0.39, 0.29) is 5.78 Å². The highest BCUT2D eigenvalue weighted by atomic mass is 79.9. The van der Waals surface area contributed by atoms with Crippen LogP contribution in [0.5, 0.6) is 0 Å². The fourth-order valence-corrected chi connectivity index (χ4v) is 2.31. The molecular formula is C19H16BrNO. The molecule has 0 amide bonds. The first kappa shape index (κ1) is 16.0. The third-order valence-corrected chi connectivity index (χ3v) is 3.65. The van der Waals surface area contributed by atoms with E-state index in [2.05, 4.69) is 15.9 Å². The van der Waals surface area contributed by atoms with Gasteiger partial charge in [0.1, 0.15) is 0 Å². The van der Waals surface area contributed by atoms with E-state index in [0.717, 1.165) is 10.2 Å². The Labute approximate surface area is 138 Å². The first-order chi connectivity index (χ1) is 10.7. The summed E-state index contributed by atoms with van der Waals surface area (Å²) in [6.45, 7) is 0. The van der Waals surface area contributed by atoms with Crippen LogP contribution in [0.15, 0.2) is 89.4 Å². The van der Waals surface area contributed by atoms with Crippen LogP contribution in [0.2, 0.25) is 0 Å². The van der Waals surface area contributed by atoms with Gasteiger partial charge in [0.15, 0.2) is 5.78 Å². The van der Waals surface area contributed by atoms with Crippen molar-refractivity contribution >= 4 is 27.4 Å². The van der Waals surface area contributed by atoms with Crippen molar-refractivity contribution in [2.24, 2.45) is 0 Å². The van der Waals surface area contributed by atoms with Crippen LogP contribution in [-0.4, -0.2) is 5.78 Å². The zero-order valence-electron chi connectivity index (χ0n) is 11.9. The molecule has 0 aliphatic rings. The van der Waals surface area contributed by atoms with Crippen molar-refractivity contribution in [2.75, 3.05) is 5.73 Å². The molecule has 2 N–H and O–H groups in total.